The summed E-state index contributed by atoms with van der Waals surface area (Å²) in [4.78, 5) is 0. The highest BCUT2D eigenvalue weighted by Gasteiger charge is 2.44. The zero-order chi connectivity index (χ0) is 13.1. The Labute approximate surface area is 124 Å². The van der Waals surface area contributed by atoms with Gasteiger partial charge in [-0.2, -0.15) is 23.5 Å². The molecular formula is C14H25NO2S2. The first-order chi connectivity index (χ1) is 9.33. The van der Waals surface area contributed by atoms with Crippen molar-refractivity contribution in [3.63, 3.8) is 0 Å². The van der Waals surface area contributed by atoms with Gasteiger partial charge in [-0.25, -0.2) is 0 Å². The summed E-state index contributed by atoms with van der Waals surface area (Å²) in [5, 5.41) is 3.55. The van der Waals surface area contributed by atoms with Gasteiger partial charge in [0.05, 0.1) is 18.3 Å². The molecule has 3 heterocycles. The van der Waals surface area contributed by atoms with Gasteiger partial charge < -0.3 is 14.8 Å². The Morgan fingerprint density at radius 1 is 1.26 bits per heavy atom. The summed E-state index contributed by atoms with van der Waals surface area (Å²) in [6.45, 7) is 1.85. The van der Waals surface area contributed by atoms with Crippen LogP contribution < -0.4 is 5.32 Å². The molecule has 0 aromatic heterocycles. The molecule has 0 saturated carbocycles. The van der Waals surface area contributed by atoms with E-state index in [4.69, 9.17) is 9.47 Å². The van der Waals surface area contributed by atoms with Crippen LogP contribution in [0.3, 0.4) is 0 Å². The Morgan fingerprint density at radius 3 is 2.89 bits per heavy atom. The highest BCUT2D eigenvalue weighted by atomic mass is 32.2. The molecule has 3 saturated heterocycles. The van der Waals surface area contributed by atoms with Crippen LogP contribution in [0.25, 0.3) is 0 Å². The smallest absolute Gasteiger partial charge is 0.0821 e. The highest BCUT2D eigenvalue weighted by molar-refractivity contribution is 7.99. The third-order valence-corrected chi connectivity index (χ3v) is 6.92. The maximum atomic E-state index is 6.14. The molecule has 3 nitrogen and oxygen atoms in total. The lowest BCUT2D eigenvalue weighted by Crippen LogP contribution is -2.53. The first kappa shape index (κ1) is 14.5. The van der Waals surface area contributed by atoms with E-state index in [1.54, 1.807) is 0 Å². The van der Waals surface area contributed by atoms with Crippen LogP contribution in [0.4, 0.5) is 0 Å². The van der Waals surface area contributed by atoms with Gasteiger partial charge in [0.2, 0.25) is 0 Å². The Balaban J connectivity index is 1.64. The fourth-order valence-electron chi connectivity index (χ4n) is 3.67. The normalized spacial score (nSPS) is 41.5. The summed E-state index contributed by atoms with van der Waals surface area (Å²) >= 11 is 4.09. The molecule has 19 heavy (non-hydrogen) atoms. The molecule has 3 aliphatic rings. The molecule has 0 aromatic carbocycles. The molecule has 0 radical (unpaired) electrons. The van der Waals surface area contributed by atoms with Crippen molar-refractivity contribution in [1.29, 1.82) is 0 Å². The first-order valence-corrected chi connectivity index (χ1v) is 9.72. The van der Waals surface area contributed by atoms with Crippen molar-refractivity contribution in [2.45, 2.75) is 37.0 Å². The molecule has 3 rings (SSSR count). The van der Waals surface area contributed by atoms with Gasteiger partial charge in [-0.3, -0.25) is 0 Å². The van der Waals surface area contributed by atoms with Gasteiger partial charge in [0.15, 0.2) is 0 Å². The SMILES string of the molecule is CNC(C1CCOC2(CCSC2)C1)C1CSCCO1. The van der Waals surface area contributed by atoms with Gasteiger partial charge in [-0.05, 0) is 38.0 Å². The third-order valence-electron chi connectivity index (χ3n) is 4.68. The molecule has 0 aliphatic carbocycles. The Kier molecular flexibility index (Phi) is 5.01. The number of nitrogens with one attached hydrogen (secondary N) is 1. The van der Waals surface area contributed by atoms with Crippen molar-refractivity contribution in [3.05, 3.63) is 0 Å². The van der Waals surface area contributed by atoms with Crippen LogP contribution in [-0.4, -0.2) is 61.0 Å². The van der Waals surface area contributed by atoms with Crippen LogP contribution in [0.5, 0.6) is 0 Å². The van der Waals surface area contributed by atoms with Crippen molar-refractivity contribution in [2.75, 3.05) is 43.3 Å². The van der Waals surface area contributed by atoms with E-state index in [2.05, 4.69) is 24.1 Å². The van der Waals surface area contributed by atoms with Crippen LogP contribution in [0.15, 0.2) is 0 Å². The van der Waals surface area contributed by atoms with Gasteiger partial charge in [0, 0.05) is 29.9 Å². The van der Waals surface area contributed by atoms with Crippen molar-refractivity contribution in [3.8, 4) is 0 Å². The molecule has 110 valence electrons. The minimum atomic E-state index is 0.185. The number of thioether (sulfide) groups is 2. The molecule has 4 unspecified atom stereocenters. The molecule has 3 fully saturated rings. The molecule has 4 atom stereocenters. The second kappa shape index (κ2) is 6.56. The Bertz CT molecular complexity index is 291. The van der Waals surface area contributed by atoms with E-state index in [-0.39, 0.29) is 5.60 Å². The largest absolute Gasteiger partial charge is 0.375 e. The van der Waals surface area contributed by atoms with Crippen molar-refractivity contribution in [1.82, 2.24) is 5.32 Å². The number of rotatable bonds is 3. The molecule has 1 spiro atoms. The third kappa shape index (κ3) is 3.26. The summed E-state index contributed by atoms with van der Waals surface area (Å²) < 4.78 is 12.1. The maximum Gasteiger partial charge on any atom is 0.0821 e. The number of ether oxygens (including phenoxy) is 2. The quantitative estimate of drug-likeness (QED) is 0.862. The molecular weight excluding hydrogens is 278 g/mol. The topological polar surface area (TPSA) is 30.5 Å². The van der Waals surface area contributed by atoms with E-state index < -0.39 is 0 Å². The average molecular weight is 303 g/mol. The lowest BCUT2D eigenvalue weighted by molar-refractivity contribution is -0.0950. The van der Waals surface area contributed by atoms with Crippen molar-refractivity contribution in [2.24, 2.45) is 5.92 Å². The highest BCUT2D eigenvalue weighted by Crippen LogP contribution is 2.42. The van der Waals surface area contributed by atoms with E-state index in [1.165, 1.54) is 30.8 Å². The summed E-state index contributed by atoms with van der Waals surface area (Å²) in [6.07, 6.45) is 4.03. The summed E-state index contributed by atoms with van der Waals surface area (Å²) in [5.74, 6) is 5.47. The van der Waals surface area contributed by atoms with Crippen LogP contribution in [0.2, 0.25) is 0 Å². The number of hydrogen-bond donors (Lipinski definition) is 1. The predicted octanol–water partition coefficient (Wildman–Crippen LogP) is 2.01. The molecule has 0 aromatic rings. The molecule has 3 aliphatic heterocycles. The second-order valence-electron chi connectivity index (χ2n) is 5.89. The lowest BCUT2D eigenvalue weighted by Gasteiger charge is -2.43. The van der Waals surface area contributed by atoms with E-state index in [0.29, 0.717) is 18.1 Å². The van der Waals surface area contributed by atoms with Gasteiger partial charge in [-0.1, -0.05) is 0 Å². The van der Waals surface area contributed by atoms with Crippen molar-refractivity contribution >= 4 is 23.5 Å². The van der Waals surface area contributed by atoms with E-state index in [1.807, 2.05) is 11.8 Å². The standard InChI is InChI=1S/C14H25NO2S2/c1-15-13(12-9-18-7-5-16-12)11-2-4-17-14(8-11)3-6-19-10-14/h11-13,15H,2-10H2,1H3. The van der Waals surface area contributed by atoms with Crippen LogP contribution >= 0.6 is 23.5 Å². The Morgan fingerprint density at radius 2 is 2.21 bits per heavy atom. The minimum Gasteiger partial charge on any atom is -0.375 e. The first-order valence-electron chi connectivity index (χ1n) is 7.41. The average Bonchev–Trinajstić information content (AvgIpc) is 2.89. The van der Waals surface area contributed by atoms with Gasteiger partial charge in [-0.15, -0.1) is 0 Å². The summed E-state index contributed by atoms with van der Waals surface area (Å²) in [5.41, 5.74) is 0.185. The monoisotopic (exact) mass is 303 g/mol. The Hall–Kier alpha value is 0.580. The second-order valence-corrected chi connectivity index (χ2v) is 8.14. The van der Waals surface area contributed by atoms with E-state index in [0.717, 1.165) is 24.7 Å². The lowest BCUT2D eigenvalue weighted by atomic mass is 9.79. The van der Waals surface area contributed by atoms with Crippen LogP contribution in [-0.2, 0) is 9.47 Å². The van der Waals surface area contributed by atoms with Gasteiger partial charge in [0.1, 0.15) is 0 Å². The number of hydrogen-bond acceptors (Lipinski definition) is 5. The molecule has 1 N–H and O–H groups in total. The number of likely N-dealkylation sites (N-methyl/N-ethyl adjacent to an activating group) is 1. The minimum absolute atomic E-state index is 0.185. The van der Waals surface area contributed by atoms with Crippen molar-refractivity contribution < 1.29 is 9.47 Å². The van der Waals surface area contributed by atoms with Crippen LogP contribution in [0, 0.1) is 5.92 Å². The summed E-state index contributed by atoms with van der Waals surface area (Å²) in [6, 6.07) is 0.499. The van der Waals surface area contributed by atoms with E-state index in [9.17, 15) is 0 Å². The van der Waals surface area contributed by atoms with Gasteiger partial charge in [0.25, 0.3) is 0 Å². The molecule has 0 bridgehead atoms. The van der Waals surface area contributed by atoms with E-state index >= 15 is 0 Å². The molecule has 0 amide bonds. The maximum absolute atomic E-state index is 6.14. The zero-order valence-electron chi connectivity index (χ0n) is 11.7. The fourth-order valence-corrected chi connectivity index (χ4v) is 5.97. The zero-order valence-corrected chi connectivity index (χ0v) is 13.4. The van der Waals surface area contributed by atoms with Crippen LogP contribution in [0.1, 0.15) is 19.3 Å². The molecule has 5 heteroatoms. The fraction of sp³-hybridized carbons (Fsp3) is 1.00. The summed E-state index contributed by atoms with van der Waals surface area (Å²) in [7, 11) is 2.10. The van der Waals surface area contributed by atoms with Gasteiger partial charge >= 0.3 is 0 Å². The predicted molar refractivity (Wildman–Crippen MR) is 83.3 cm³/mol.